The molecule has 0 aromatic heterocycles. The Labute approximate surface area is 92.2 Å². The molecule has 88 valence electrons. The molecule has 1 fully saturated rings. The molecular weight excluding hydrogens is 190 g/mol. The fraction of sp³-hybridized carbons (Fsp3) is 0.909. The van der Waals surface area contributed by atoms with Crippen molar-refractivity contribution in [1.29, 1.82) is 0 Å². The van der Waals surface area contributed by atoms with Gasteiger partial charge >= 0.3 is 0 Å². The molecule has 1 unspecified atom stereocenters. The van der Waals surface area contributed by atoms with Gasteiger partial charge in [0.15, 0.2) is 5.96 Å². The normalized spacial score (nSPS) is 23.2. The Morgan fingerprint density at radius 3 is 3.07 bits per heavy atom. The lowest BCUT2D eigenvalue weighted by Crippen LogP contribution is -2.44. The van der Waals surface area contributed by atoms with Gasteiger partial charge < -0.3 is 15.7 Å². The Morgan fingerprint density at radius 1 is 1.60 bits per heavy atom. The van der Waals surface area contributed by atoms with Gasteiger partial charge in [0.2, 0.25) is 0 Å². The van der Waals surface area contributed by atoms with E-state index >= 15 is 0 Å². The van der Waals surface area contributed by atoms with Crippen molar-refractivity contribution in [2.45, 2.75) is 32.6 Å². The highest BCUT2D eigenvalue weighted by Gasteiger charge is 2.20. The minimum absolute atomic E-state index is 0.282. The summed E-state index contributed by atoms with van der Waals surface area (Å²) in [6.45, 7) is 5.17. The van der Waals surface area contributed by atoms with Crippen molar-refractivity contribution in [3.05, 3.63) is 0 Å². The molecule has 0 aromatic rings. The van der Waals surface area contributed by atoms with E-state index in [-0.39, 0.29) is 6.61 Å². The van der Waals surface area contributed by atoms with Gasteiger partial charge in [-0.2, -0.15) is 0 Å². The summed E-state index contributed by atoms with van der Waals surface area (Å²) in [5, 5.41) is 8.90. The van der Waals surface area contributed by atoms with Crippen molar-refractivity contribution in [3.63, 3.8) is 0 Å². The van der Waals surface area contributed by atoms with Crippen LogP contribution in [0.3, 0.4) is 0 Å². The Balaban J connectivity index is 2.40. The predicted octanol–water partition coefficient (Wildman–Crippen LogP) is 0.805. The van der Waals surface area contributed by atoms with Gasteiger partial charge in [-0.15, -0.1) is 0 Å². The van der Waals surface area contributed by atoms with Crippen LogP contribution in [0.4, 0.5) is 0 Å². The van der Waals surface area contributed by atoms with Crippen LogP contribution in [0.25, 0.3) is 0 Å². The largest absolute Gasteiger partial charge is 0.396 e. The molecule has 1 rings (SSSR count). The van der Waals surface area contributed by atoms with Crippen LogP contribution < -0.4 is 5.73 Å². The Kier molecular flexibility index (Phi) is 5.47. The number of hydrogen-bond acceptors (Lipinski definition) is 2. The van der Waals surface area contributed by atoms with E-state index in [4.69, 9.17) is 10.8 Å². The molecule has 4 heteroatoms. The Bertz CT molecular complexity index is 204. The third kappa shape index (κ3) is 4.08. The molecule has 1 atom stereocenters. The SMILES string of the molecule is CCCN=C(N)N1CCCC(CCO)C1. The monoisotopic (exact) mass is 213 g/mol. The molecule has 1 aliphatic rings. The van der Waals surface area contributed by atoms with Gasteiger partial charge in [0.05, 0.1) is 0 Å². The van der Waals surface area contributed by atoms with Crippen LogP contribution in [-0.2, 0) is 0 Å². The molecule has 0 saturated carbocycles. The van der Waals surface area contributed by atoms with Gasteiger partial charge in [0.25, 0.3) is 0 Å². The molecule has 0 bridgehead atoms. The molecule has 15 heavy (non-hydrogen) atoms. The Hall–Kier alpha value is -0.770. The topological polar surface area (TPSA) is 61.8 Å². The van der Waals surface area contributed by atoms with Crippen molar-refractivity contribution in [3.8, 4) is 0 Å². The smallest absolute Gasteiger partial charge is 0.191 e. The summed E-state index contributed by atoms with van der Waals surface area (Å²) >= 11 is 0. The van der Waals surface area contributed by atoms with E-state index in [2.05, 4.69) is 16.8 Å². The first-order valence-electron chi connectivity index (χ1n) is 5.93. The van der Waals surface area contributed by atoms with Gasteiger partial charge in [0, 0.05) is 26.2 Å². The van der Waals surface area contributed by atoms with Crippen molar-refractivity contribution in [2.75, 3.05) is 26.2 Å². The highest BCUT2D eigenvalue weighted by molar-refractivity contribution is 5.78. The molecule has 1 aliphatic heterocycles. The molecule has 4 nitrogen and oxygen atoms in total. The van der Waals surface area contributed by atoms with E-state index in [0.29, 0.717) is 11.9 Å². The number of likely N-dealkylation sites (tertiary alicyclic amines) is 1. The highest BCUT2D eigenvalue weighted by Crippen LogP contribution is 2.18. The van der Waals surface area contributed by atoms with Gasteiger partial charge in [-0.05, 0) is 31.6 Å². The van der Waals surface area contributed by atoms with E-state index in [9.17, 15) is 0 Å². The van der Waals surface area contributed by atoms with Crippen LogP contribution in [0.1, 0.15) is 32.6 Å². The van der Waals surface area contributed by atoms with Crippen LogP contribution >= 0.6 is 0 Å². The van der Waals surface area contributed by atoms with E-state index in [0.717, 1.165) is 38.9 Å². The summed E-state index contributed by atoms with van der Waals surface area (Å²) in [5.41, 5.74) is 5.91. The zero-order valence-corrected chi connectivity index (χ0v) is 9.65. The van der Waals surface area contributed by atoms with Crippen LogP contribution in [-0.4, -0.2) is 42.2 Å². The summed E-state index contributed by atoms with van der Waals surface area (Å²) in [7, 11) is 0. The second-order valence-corrected chi connectivity index (χ2v) is 4.21. The van der Waals surface area contributed by atoms with Crippen LogP contribution in [0.5, 0.6) is 0 Å². The number of nitrogens with zero attached hydrogens (tertiary/aromatic N) is 2. The predicted molar refractivity (Wildman–Crippen MR) is 62.8 cm³/mol. The second-order valence-electron chi connectivity index (χ2n) is 4.21. The molecule has 0 aromatic carbocycles. The summed E-state index contributed by atoms with van der Waals surface area (Å²) in [4.78, 5) is 6.47. The fourth-order valence-electron chi connectivity index (χ4n) is 2.02. The van der Waals surface area contributed by atoms with Crippen molar-refractivity contribution in [2.24, 2.45) is 16.6 Å². The lowest BCUT2D eigenvalue weighted by atomic mass is 9.95. The number of aliphatic hydroxyl groups is 1. The number of hydrogen-bond donors (Lipinski definition) is 2. The fourth-order valence-corrected chi connectivity index (χ4v) is 2.02. The summed E-state index contributed by atoms with van der Waals surface area (Å²) in [6, 6.07) is 0. The average molecular weight is 213 g/mol. The summed E-state index contributed by atoms with van der Waals surface area (Å²) in [6.07, 6.45) is 4.29. The zero-order valence-electron chi connectivity index (χ0n) is 9.65. The maximum absolute atomic E-state index is 8.90. The number of piperidine rings is 1. The molecule has 0 radical (unpaired) electrons. The quantitative estimate of drug-likeness (QED) is 0.536. The van der Waals surface area contributed by atoms with Crippen molar-refractivity contribution >= 4 is 5.96 Å². The van der Waals surface area contributed by atoms with Crippen LogP contribution in [0, 0.1) is 5.92 Å². The molecule has 0 spiro atoms. The minimum Gasteiger partial charge on any atom is -0.396 e. The van der Waals surface area contributed by atoms with E-state index in [1.54, 1.807) is 0 Å². The number of aliphatic hydroxyl groups excluding tert-OH is 1. The van der Waals surface area contributed by atoms with E-state index < -0.39 is 0 Å². The van der Waals surface area contributed by atoms with Crippen molar-refractivity contribution < 1.29 is 5.11 Å². The lowest BCUT2D eigenvalue weighted by molar-refractivity contribution is 0.197. The van der Waals surface area contributed by atoms with E-state index in [1.165, 1.54) is 6.42 Å². The molecule has 0 amide bonds. The molecule has 0 aliphatic carbocycles. The Morgan fingerprint density at radius 2 is 2.40 bits per heavy atom. The zero-order chi connectivity index (χ0) is 11.1. The van der Waals surface area contributed by atoms with Gasteiger partial charge in [-0.25, -0.2) is 0 Å². The molecule has 3 N–H and O–H groups in total. The number of aliphatic imine (C=N–C) groups is 1. The number of guanidine groups is 1. The van der Waals surface area contributed by atoms with Gasteiger partial charge in [-0.3, -0.25) is 4.99 Å². The molecule has 1 heterocycles. The van der Waals surface area contributed by atoms with Gasteiger partial charge in [0.1, 0.15) is 0 Å². The maximum atomic E-state index is 8.90. The summed E-state index contributed by atoms with van der Waals surface area (Å²) < 4.78 is 0. The first kappa shape index (κ1) is 12.3. The third-order valence-corrected chi connectivity index (χ3v) is 2.88. The average Bonchev–Trinajstić information content (AvgIpc) is 2.27. The molecule has 1 saturated heterocycles. The van der Waals surface area contributed by atoms with Crippen LogP contribution in [0.2, 0.25) is 0 Å². The summed E-state index contributed by atoms with van der Waals surface area (Å²) in [5.74, 6) is 1.26. The maximum Gasteiger partial charge on any atom is 0.191 e. The standard InChI is InChI=1S/C11H23N3O/c1-2-6-13-11(12)14-7-3-4-10(9-14)5-8-15/h10,15H,2-9H2,1H3,(H2,12,13). The van der Waals surface area contributed by atoms with Crippen LogP contribution in [0.15, 0.2) is 4.99 Å². The van der Waals surface area contributed by atoms with E-state index in [1.807, 2.05) is 0 Å². The highest BCUT2D eigenvalue weighted by atomic mass is 16.3. The second kappa shape index (κ2) is 6.67. The number of rotatable bonds is 4. The third-order valence-electron chi connectivity index (χ3n) is 2.88. The first-order chi connectivity index (χ1) is 7.27. The number of nitrogens with two attached hydrogens (primary N) is 1. The molecular formula is C11H23N3O. The minimum atomic E-state index is 0.282. The van der Waals surface area contributed by atoms with Gasteiger partial charge in [-0.1, -0.05) is 6.92 Å². The van der Waals surface area contributed by atoms with Crippen molar-refractivity contribution in [1.82, 2.24) is 4.90 Å². The lowest BCUT2D eigenvalue weighted by Gasteiger charge is -2.33. The first-order valence-corrected chi connectivity index (χ1v) is 5.93.